The molecule has 0 heterocycles. The first-order chi connectivity index (χ1) is 9.16. The molecule has 0 aromatic carbocycles. The Morgan fingerprint density at radius 1 is 0.947 bits per heavy atom. The van der Waals surface area contributed by atoms with Gasteiger partial charge in [-0.1, -0.05) is 64.7 Å². The zero-order valence-electron chi connectivity index (χ0n) is 13.0. The molecular formula is C16H33NO2. The molecule has 0 aliphatic heterocycles. The molecule has 1 unspecified atom stereocenters. The lowest BCUT2D eigenvalue weighted by molar-refractivity contribution is -0.144. The Hall–Kier alpha value is -0.570. The van der Waals surface area contributed by atoms with Crippen LogP contribution in [0.3, 0.4) is 0 Å². The molecule has 3 nitrogen and oxygen atoms in total. The third-order valence-electron chi connectivity index (χ3n) is 3.25. The molecule has 3 heteroatoms. The van der Waals surface area contributed by atoms with Crippen LogP contribution < -0.4 is 5.73 Å². The largest absolute Gasteiger partial charge is 0.466 e. The summed E-state index contributed by atoms with van der Waals surface area (Å²) in [6.07, 6.45) is 13.3. The first kappa shape index (κ1) is 18.4. The Morgan fingerprint density at radius 3 is 1.89 bits per heavy atom. The molecule has 0 bridgehead atoms. The third-order valence-corrected chi connectivity index (χ3v) is 3.25. The second-order valence-electron chi connectivity index (χ2n) is 5.58. The number of carbonyl (C=O) groups excluding carboxylic acids is 1. The highest BCUT2D eigenvalue weighted by molar-refractivity contribution is 5.69. The maximum absolute atomic E-state index is 11.2. The normalized spacial score (nSPS) is 12.4. The van der Waals surface area contributed by atoms with Crippen molar-refractivity contribution < 1.29 is 9.53 Å². The summed E-state index contributed by atoms with van der Waals surface area (Å²) in [5, 5.41) is 0. The van der Waals surface area contributed by atoms with E-state index < -0.39 is 0 Å². The van der Waals surface area contributed by atoms with E-state index in [1.165, 1.54) is 57.8 Å². The van der Waals surface area contributed by atoms with Gasteiger partial charge in [0.25, 0.3) is 0 Å². The van der Waals surface area contributed by atoms with E-state index >= 15 is 0 Å². The molecule has 114 valence electrons. The highest BCUT2D eigenvalue weighted by atomic mass is 16.5. The summed E-state index contributed by atoms with van der Waals surface area (Å²) in [6.45, 7) is 4.63. The Bertz CT molecular complexity index is 205. The second kappa shape index (κ2) is 13.9. The van der Waals surface area contributed by atoms with Crippen molar-refractivity contribution in [2.45, 2.75) is 90.5 Å². The molecule has 0 aromatic rings. The van der Waals surface area contributed by atoms with Crippen LogP contribution >= 0.6 is 0 Å². The highest BCUT2D eigenvalue weighted by Crippen LogP contribution is 2.10. The van der Waals surface area contributed by atoms with E-state index in [1.54, 1.807) is 0 Å². The van der Waals surface area contributed by atoms with Crippen LogP contribution in [0, 0.1) is 0 Å². The molecule has 0 fully saturated rings. The predicted octanol–water partition coefficient (Wildman–Crippen LogP) is 4.19. The predicted molar refractivity (Wildman–Crippen MR) is 81.1 cm³/mol. The Labute approximate surface area is 119 Å². The maximum Gasteiger partial charge on any atom is 0.307 e. The number of carbonyl (C=O) groups is 1. The minimum atomic E-state index is -0.161. The van der Waals surface area contributed by atoms with Gasteiger partial charge < -0.3 is 10.5 Å². The molecule has 1 atom stereocenters. The van der Waals surface area contributed by atoms with Crippen molar-refractivity contribution in [2.24, 2.45) is 5.73 Å². The first-order valence-electron chi connectivity index (χ1n) is 8.08. The van der Waals surface area contributed by atoms with Crippen molar-refractivity contribution >= 4 is 5.97 Å². The van der Waals surface area contributed by atoms with Crippen LogP contribution in [-0.4, -0.2) is 18.6 Å². The fraction of sp³-hybridized carbons (Fsp3) is 0.938. The fourth-order valence-corrected chi connectivity index (χ4v) is 2.10. The summed E-state index contributed by atoms with van der Waals surface area (Å²) >= 11 is 0. The number of ether oxygens (including phenoxy) is 1. The quantitative estimate of drug-likeness (QED) is 0.404. The number of rotatable bonds is 13. The van der Waals surface area contributed by atoms with E-state index in [4.69, 9.17) is 10.5 Å². The molecule has 2 N–H and O–H groups in total. The average molecular weight is 271 g/mol. The lowest BCUT2D eigenvalue weighted by atomic mass is 10.1. The summed E-state index contributed by atoms with van der Waals surface area (Å²) in [6, 6.07) is -0.0970. The van der Waals surface area contributed by atoms with Crippen molar-refractivity contribution in [1.82, 2.24) is 0 Å². The molecule has 0 spiro atoms. The van der Waals surface area contributed by atoms with E-state index in [9.17, 15) is 4.79 Å². The van der Waals surface area contributed by atoms with Gasteiger partial charge in [0.05, 0.1) is 13.0 Å². The number of hydrogen-bond acceptors (Lipinski definition) is 3. The molecule has 0 saturated carbocycles. The molecule has 0 aliphatic carbocycles. The number of hydrogen-bond donors (Lipinski definition) is 1. The van der Waals surface area contributed by atoms with Crippen LogP contribution in [0.1, 0.15) is 84.5 Å². The smallest absolute Gasteiger partial charge is 0.307 e. The number of esters is 1. The van der Waals surface area contributed by atoms with Gasteiger partial charge in [-0.3, -0.25) is 4.79 Å². The van der Waals surface area contributed by atoms with Crippen molar-refractivity contribution in [3.63, 3.8) is 0 Å². The van der Waals surface area contributed by atoms with Gasteiger partial charge in [-0.05, 0) is 13.3 Å². The summed E-state index contributed by atoms with van der Waals surface area (Å²) in [5.41, 5.74) is 5.52. The van der Waals surface area contributed by atoms with Gasteiger partial charge in [0.15, 0.2) is 0 Å². The number of nitrogens with two attached hydrogens (primary N) is 1. The van der Waals surface area contributed by atoms with Crippen molar-refractivity contribution in [2.75, 3.05) is 6.61 Å². The second-order valence-corrected chi connectivity index (χ2v) is 5.58. The van der Waals surface area contributed by atoms with Crippen LogP contribution in [0.15, 0.2) is 0 Å². The molecule has 0 amide bonds. The minimum absolute atomic E-state index is 0.0970. The Kier molecular flexibility index (Phi) is 13.4. The first-order valence-corrected chi connectivity index (χ1v) is 8.08. The van der Waals surface area contributed by atoms with E-state index in [0.717, 1.165) is 6.42 Å². The van der Waals surface area contributed by atoms with Gasteiger partial charge in [-0.25, -0.2) is 0 Å². The molecule has 0 aliphatic rings. The monoisotopic (exact) mass is 271 g/mol. The maximum atomic E-state index is 11.2. The zero-order chi connectivity index (χ0) is 14.3. The van der Waals surface area contributed by atoms with Crippen LogP contribution in [-0.2, 0) is 9.53 Å². The van der Waals surface area contributed by atoms with Crippen LogP contribution in [0.25, 0.3) is 0 Å². The fourth-order valence-electron chi connectivity index (χ4n) is 2.10. The van der Waals surface area contributed by atoms with Gasteiger partial charge in [0.1, 0.15) is 0 Å². The van der Waals surface area contributed by atoms with Gasteiger partial charge in [-0.2, -0.15) is 0 Å². The lowest BCUT2D eigenvalue weighted by Crippen LogP contribution is -2.21. The van der Waals surface area contributed by atoms with E-state index in [0.29, 0.717) is 13.0 Å². The standard InChI is InChI=1S/C16H33NO2/c1-3-4-5-6-7-8-9-10-11-12-13-19-16(18)14-15(2)17/h15H,3-14,17H2,1-2H3. The third kappa shape index (κ3) is 15.4. The summed E-state index contributed by atoms with van der Waals surface area (Å²) in [5.74, 6) is -0.161. The van der Waals surface area contributed by atoms with E-state index in [2.05, 4.69) is 6.92 Å². The van der Waals surface area contributed by atoms with E-state index in [1.807, 2.05) is 6.92 Å². The molecule has 0 rings (SSSR count). The minimum Gasteiger partial charge on any atom is -0.466 e. The molecule has 0 saturated heterocycles. The van der Waals surface area contributed by atoms with Gasteiger partial charge in [0, 0.05) is 6.04 Å². The molecule has 0 aromatic heterocycles. The summed E-state index contributed by atoms with van der Waals surface area (Å²) in [7, 11) is 0. The van der Waals surface area contributed by atoms with Crippen LogP contribution in [0.4, 0.5) is 0 Å². The van der Waals surface area contributed by atoms with Crippen molar-refractivity contribution in [3.8, 4) is 0 Å². The SMILES string of the molecule is CCCCCCCCCCCCOC(=O)CC(C)N. The zero-order valence-corrected chi connectivity index (χ0v) is 13.0. The highest BCUT2D eigenvalue weighted by Gasteiger charge is 2.05. The van der Waals surface area contributed by atoms with Crippen molar-refractivity contribution in [1.29, 1.82) is 0 Å². The van der Waals surface area contributed by atoms with Crippen molar-refractivity contribution in [3.05, 3.63) is 0 Å². The van der Waals surface area contributed by atoms with E-state index in [-0.39, 0.29) is 12.0 Å². The Morgan fingerprint density at radius 2 is 1.42 bits per heavy atom. The average Bonchev–Trinajstić information content (AvgIpc) is 2.35. The lowest BCUT2D eigenvalue weighted by Gasteiger charge is -2.06. The molecule has 0 radical (unpaired) electrons. The Balaban J connectivity index is 3.08. The van der Waals surface area contributed by atoms with Gasteiger partial charge >= 0.3 is 5.97 Å². The van der Waals surface area contributed by atoms with Crippen LogP contribution in [0.2, 0.25) is 0 Å². The molecule has 19 heavy (non-hydrogen) atoms. The summed E-state index contributed by atoms with van der Waals surface area (Å²) < 4.78 is 5.11. The topological polar surface area (TPSA) is 52.3 Å². The van der Waals surface area contributed by atoms with Crippen LogP contribution in [0.5, 0.6) is 0 Å². The summed E-state index contributed by atoms with van der Waals surface area (Å²) in [4.78, 5) is 11.2. The van der Waals surface area contributed by atoms with Gasteiger partial charge in [0.2, 0.25) is 0 Å². The molecular weight excluding hydrogens is 238 g/mol. The van der Waals surface area contributed by atoms with Gasteiger partial charge in [-0.15, -0.1) is 0 Å². The number of unbranched alkanes of at least 4 members (excludes halogenated alkanes) is 9.